The first-order valence-corrected chi connectivity index (χ1v) is 7.67. The number of thiazole rings is 1. The van der Waals surface area contributed by atoms with Crippen LogP contribution in [-0.4, -0.2) is 41.1 Å². The topological polar surface area (TPSA) is 74.2 Å². The van der Waals surface area contributed by atoms with Gasteiger partial charge in [-0.3, -0.25) is 9.78 Å². The second-order valence-corrected chi connectivity index (χ2v) is 5.69. The Hall–Kier alpha value is -1.86. The van der Waals surface area contributed by atoms with Crippen LogP contribution in [0.4, 0.5) is 0 Å². The number of nitrogens with zero attached hydrogens (tertiary/aromatic N) is 3. The van der Waals surface area contributed by atoms with Gasteiger partial charge in [-0.1, -0.05) is 0 Å². The maximum absolute atomic E-state index is 11.0. The third kappa shape index (κ3) is 3.62. The zero-order valence-corrected chi connectivity index (χ0v) is 12.2. The van der Waals surface area contributed by atoms with Crippen molar-refractivity contribution < 1.29 is 14.3 Å². The van der Waals surface area contributed by atoms with E-state index in [1.807, 2.05) is 0 Å². The molecule has 0 N–H and O–H groups in total. The summed E-state index contributed by atoms with van der Waals surface area (Å²) in [6.07, 6.45) is 4.37. The zero-order valence-electron chi connectivity index (χ0n) is 11.4. The fraction of sp³-hybridized carbons (Fsp3) is 0.429. The first-order chi connectivity index (χ1) is 10.3. The van der Waals surface area contributed by atoms with Gasteiger partial charge in [0.2, 0.25) is 5.88 Å². The Morgan fingerprint density at radius 3 is 2.95 bits per heavy atom. The lowest BCUT2D eigenvalue weighted by Gasteiger charge is -2.21. The van der Waals surface area contributed by atoms with Crippen LogP contribution in [-0.2, 0) is 4.74 Å². The number of hydrogen-bond donors (Lipinski definition) is 0. The van der Waals surface area contributed by atoms with Gasteiger partial charge in [0.05, 0.1) is 17.0 Å². The molecule has 6 nitrogen and oxygen atoms in total. The summed E-state index contributed by atoms with van der Waals surface area (Å²) in [4.78, 5) is 24.4. The molecule has 0 unspecified atom stereocenters. The van der Waals surface area contributed by atoms with E-state index in [1.165, 1.54) is 11.3 Å². The summed E-state index contributed by atoms with van der Waals surface area (Å²) in [5.41, 5.74) is 2.02. The molecule has 3 rings (SSSR count). The van der Waals surface area contributed by atoms with E-state index in [1.54, 1.807) is 17.8 Å². The van der Waals surface area contributed by atoms with Crippen molar-refractivity contribution in [1.29, 1.82) is 0 Å². The van der Waals surface area contributed by atoms with Crippen molar-refractivity contribution in [2.24, 2.45) is 5.92 Å². The molecule has 1 aliphatic heterocycles. The van der Waals surface area contributed by atoms with Crippen molar-refractivity contribution in [3.05, 3.63) is 23.5 Å². The Morgan fingerprint density at radius 2 is 2.24 bits per heavy atom. The van der Waals surface area contributed by atoms with Gasteiger partial charge < -0.3 is 9.47 Å². The van der Waals surface area contributed by atoms with Crippen molar-refractivity contribution >= 4 is 17.6 Å². The van der Waals surface area contributed by atoms with Gasteiger partial charge in [-0.15, -0.1) is 11.3 Å². The van der Waals surface area contributed by atoms with E-state index in [0.29, 0.717) is 36.2 Å². The lowest BCUT2D eigenvalue weighted by Crippen LogP contribution is -2.21. The quantitative estimate of drug-likeness (QED) is 0.789. The summed E-state index contributed by atoms with van der Waals surface area (Å²) in [5, 5.41) is 0. The van der Waals surface area contributed by atoms with Crippen molar-refractivity contribution in [3.63, 3.8) is 0 Å². The van der Waals surface area contributed by atoms with Crippen LogP contribution in [0.1, 0.15) is 23.3 Å². The monoisotopic (exact) mass is 305 g/mol. The summed E-state index contributed by atoms with van der Waals surface area (Å²) < 4.78 is 11.1. The number of hydrogen-bond acceptors (Lipinski definition) is 7. The highest BCUT2D eigenvalue weighted by Gasteiger charge is 2.15. The van der Waals surface area contributed by atoms with E-state index in [4.69, 9.17) is 9.47 Å². The highest BCUT2D eigenvalue weighted by Crippen LogP contribution is 2.23. The minimum absolute atomic E-state index is 0.315. The van der Waals surface area contributed by atoms with Crippen molar-refractivity contribution in [2.45, 2.75) is 12.8 Å². The van der Waals surface area contributed by atoms with Gasteiger partial charge in [-0.05, 0) is 18.8 Å². The molecule has 1 aliphatic rings. The maximum atomic E-state index is 11.0. The van der Waals surface area contributed by atoms with Crippen molar-refractivity contribution in [1.82, 2.24) is 15.0 Å². The van der Waals surface area contributed by atoms with Gasteiger partial charge in [0.15, 0.2) is 12.1 Å². The summed E-state index contributed by atoms with van der Waals surface area (Å²) in [7, 11) is 0. The lowest BCUT2D eigenvalue weighted by molar-refractivity contribution is 0.0490. The maximum Gasteiger partial charge on any atom is 0.217 e. The van der Waals surface area contributed by atoms with Crippen molar-refractivity contribution in [3.8, 4) is 16.6 Å². The highest BCUT2D eigenvalue weighted by molar-refractivity contribution is 7.13. The van der Waals surface area contributed by atoms with Gasteiger partial charge in [0.25, 0.3) is 0 Å². The van der Waals surface area contributed by atoms with Crippen LogP contribution in [0.5, 0.6) is 5.88 Å². The predicted molar refractivity (Wildman–Crippen MR) is 77.6 cm³/mol. The number of aldehydes is 1. The second-order valence-electron chi connectivity index (χ2n) is 4.80. The fourth-order valence-corrected chi connectivity index (χ4v) is 2.68. The molecule has 0 atom stereocenters. The molecule has 0 aliphatic carbocycles. The van der Waals surface area contributed by atoms with Gasteiger partial charge in [-0.2, -0.15) is 4.98 Å². The average molecular weight is 305 g/mol. The average Bonchev–Trinajstić information content (AvgIpc) is 3.08. The molecule has 0 aromatic carbocycles. The van der Waals surface area contributed by atoms with Gasteiger partial charge in [-0.25, -0.2) is 4.98 Å². The smallest absolute Gasteiger partial charge is 0.217 e. The number of carbonyl (C=O) groups is 1. The summed E-state index contributed by atoms with van der Waals surface area (Å²) >= 11 is 1.43. The number of carbonyl (C=O) groups excluding carboxylic acids is 1. The molecule has 2 aromatic rings. The predicted octanol–water partition coefficient (Wildman–Crippen LogP) is 2.22. The molecule has 7 heteroatoms. The first kappa shape index (κ1) is 14.1. The Morgan fingerprint density at radius 1 is 1.38 bits per heavy atom. The van der Waals surface area contributed by atoms with Gasteiger partial charge in [0, 0.05) is 25.5 Å². The molecule has 1 fully saturated rings. The van der Waals surface area contributed by atoms with Crippen LogP contribution < -0.4 is 4.74 Å². The Kier molecular flexibility index (Phi) is 4.52. The summed E-state index contributed by atoms with van der Waals surface area (Å²) in [5.74, 6) is 1.38. The van der Waals surface area contributed by atoms with Crippen LogP contribution in [0.2, 0.25) is 0 Å². The second kappa shape index (κ2) is 6.73. The fourth-order valence-electron chi connectivity index (χ4n) is 2.13. The lowest BCUT2D eigenvalue weighted by atomic mass is 10.0. The Bertz CT molecular complexity index is 598. The molecule has 1 saturated heterocycles. The van der Waals surface area contributed by atoms with E-state index < -0.39 is 0 Å². The van der Waals surface area contributed by atoms with E-state index >= 15 is 0 Å². The molecule has 0 amide bonds. The third-order valence-corrected chi connectivity index (χ3v) is 4.07. The molecule has 21 heavy (non-hydrogen) atoms. The van der Waals surface area contributed by atoms with E-state index in [0.717, 1.165) is 30.9 Å². The van der Waals surface area contributed by atoms with Crippen LogP contribution >= 0.6 is 11.3 Å². The first-order valence-electron chi connectivity index (χ1n) is 6.79. The molecular weight excluding hydrogens is 290 g/mol. The highest BCUT2D eigenvalue weighted by atomic mass is 32.1. The SMILES string of the molecule is O=Cc1cc(OCC2CCOCC2)nc(-c2cncs2)n1. The molecule has 0 spiro atoms. The molecular formula is C14H15N3O3S. The summed E-state index contributed by atoms with van der Waals surface area (Å²) in [6.45, 7) is 2.15. The molecule has 0 saturated carbocycles. The molecule has 0 radical (unpaired) electrons. The Balaban J connectivity index is 1.74. The number of aromatic nitrogens is 3. The molecule has 2 aromatic heterocycles. The molecule has 3 heterocycles. The van der Waals surface area contributed by atoms with Crippen LogP contribution in [0.3, 0.4) is 0 Å². The summed E-state index contributed by atoms with van der Waals surface area (Å²) in [6, 6.07) is 1.57. The van der Waals surface area contributed by atoms with E-state index in [9.17, 15) is 4.79 Å². The Labute approximate surface area is 126 Å². The van der Waals surface area contributed by atoms with Gasteiger partial charge in [0.1, 0.15) is 5.69 Å². The van der Waals surface area contributed by atoms with Crippen LogP contribution in [0, 0.1) is 5.92 Å². The molecule has 110 valence electrons. The third-order valence-electron chi connectivity index (χ3n) is 3.30. The minimum atomic E-state index is 0.315. The standard InChI is InChI=1S/C14H15N3O3S/c18-7-11-5-13(20-8-10-1-3-19-4-2-10)17-14(16-11)12-6-15-9-21-12/h5-7,9-10H,1-4,8H2. The largest absolute Gasteiger partial charge is 0.477 e. The zero-order chi connectivity index (χ0) is 14.5. The van der Waals surface area contributed by atoms with Crippen LogP contribution in [0.15, 0.2) is 17.8 Å². The number of rotatable bonds is 5. The normalized spacial score (nSPS) is 15.8. The number of ether oxygens (including phenoxy) is 2. The van der Waals surface area contributed by atoms with E-state index in [2.05, 4.69) is 15.0 Å². The van der Waals surface area contributed by atoms with Gasteiger partial charge >= 0.3 is 0 Å². The van der Waals surface area contributed by atoms with E-state index in [-0.39, 0.29) is 0 Å². The van der Waals surface area contributed by atoms with Crippen LogP contribution in [0.25, 0.3) is 10.7 Å². The van der Waals surface area contributed by atoms with Crippen molar-refractivity contribution in [2.75, 3.05) is 19.8 Å². The molecule has 0 bridgehead atoms. The minimum Gasteiger partial charge on any atom is -0.477 e.